The molecule has 2 aromatic carbocycles. The Morgan fingerprint density at radius 2 is 1.65 bits per heavy atom. The van der Waals surface area contributed by atoms with Gasteiger partial charge in [-0.25, -0.2) is 14.0 Å². The van der Waals surface area contributed by atoms with Crippen LogP contribution in [0, 0.1) is 31.5 Å². The van der Waals surface area contributed by atoms with Crippen molar-refractivity contribution in [2.45, 2.75) is 40.3 Å². The predicted molar refractivity (Wildman–Crippen MR) is 135 cm³/mol. The van der Waals surface area contributed by atoms with Crippen molar-refractivity contribution in [1.82, 2.24) is 14.8 Å². The number of ether oxygens (including phenoxy) is 1. The fraction of sp³-hybridized carbons (Fsp3) is 0.286. The maximum atomic E-state index is 13.1. The summed E-state index contributed by atoms with van der Waals surface area (Å²) in [7, 11) is 0. The van der Waals surface area contributed by atoms with E-state index in [0.717, 1.165) is 34.8 Å². The lowest BCUT2D eigenvalue weighted by Crippen LogP contribution is -2.06. The number of aryl methyl sites for hydroxylation is 1. The van der Waals surface area contributed by atoms with E-state index in [1.165, 1.54) is 54.1 Å². The Bertz CT molecular complexity index is 1420. The number of fused-ring (bicyclic) bond motifs is 1. The van der Waals surface area contributed by atoms with Gasteiger partial charge in [-0.1, -0.05) is 31.2 Å². The minimum absolute atomic E-state index is 0.190. The summed E-state index contributed by atoms with van der Waals surface area (Å²) in [6, 6.07) is 11.8. The summed E-state index contributed by atoms with van der Waals surface area (Å²) in [6.07, 6.45) is 3.09. The van der Waals surface area contributed by atoms with E-state index < -0.39 is 11.9 Å². The molecule has 0 amide bonds. The largest absolute Gasteiger partial charge is 0.478 e. The summed E-state index contributed by atoms with van der Waals surface area (Å²) < 4.78 is 21.3. The van der Waals surface area contributed by atoms with Crippen molar-refractivity contribution in [2.24, 2.45) is 11.8 Å². The van der Waals surface area contributed by atoms with Gasteiger partial charge in [-0.3, -0.25) is 0 Å². The van der Waals surface area contributed by atoms with E-state index in [2.05, 4.69) is 35.5 Å². The average Bonchev–Trinajstić information content (AvgIpc) is 3.54. The first-order chi connectivity index (χ1) is 17.7. The number of carboxylic acids is 2. The molecule has 0 spiro atoms. The molecule has 1 fully saturated rings. The Labute approximate surface area is 213 Å². The fourth-order valence-corrected chi connectivity index (χ4v) is 4.26. The second-order valence-electron chi connectivity index (χ2n) is 9.28. The average molecular weight is 506 g/mol. The van der Waals surface area contributed by atoms with Crippen molar-refractivity contribution in [3.05, 3.63) is 88.5 Å². The third kappa shape index (κ3) is 5.77. The molecule has 0 radical (unpaired) electrons. The summed E-state index contributed by atoms with van der Waals surface area (Å²) >= 11 is 0. The molecule has 4 aromatic rings. The summed E-state index contributed by atoms with van der Waals surface area (Å²) in [5.74, 6) is -0.640. The zero-order valence-corrected chi connectivity index (χ0v) is 20.8. The quantitative estimate of drug-likeness (QED) is 0.341. The van der Waals surface area contributed by atoms with Crippen LogP contribution in [-0.4, -0.2) is 36.9 Å². The van der Waals surface area contributed by atoms with Crippen LogP contribution >= 0.6 is 0 Å². The van der Waals surface area contributed by atoms with Crippen LogP contribution in [0.5, 0.6) is 5.88 Å². The van der Waals surface area contributed by atoms with E-state index in [1.807, 2.05) is 6.20 Å². The molecule has 192 valence electrons. The number of carboxylic acid groups (broad SMARTS) is 2. The van der Waals surface area contributed by atoms with E-state index in [0.29, 0.717) is 12.5 Å². The van der Waals surface area contributed by atoms with Gasteiger partial charge in [0.05, 0.1) is 17.3 Å². The minimum atomic E-state index is -1.23. The Balaban J connectivity index is 0.000000225. The summed E-state index contributed by atoms with van der Waals surface area (Å²) in [5.41, 5.74) is 4.02. The lowest BCUT2D eigenvalue weighted by atomic mass is 10.1. The molecule has 37 heavy (non-hydrogen) atoms. The first-order valence-corrected chi connectivity index (χ1v) is 11.9. The molecule has 0 bridgehead atoms. The van der Waals surface area contributed by atoms with E-state index in [4.69, 9.17) is 14.9 Å². The van der Waals surface area contributed by atoms with Crippen molar-refractivity contribution >= 4 is 22.8 Å². The SMILES string of the molecule is Cc1c(C)n(C[C@H]2C[C@@H]2C)c2c(OCc3ccc(F)cc3)nncc12.O=C(O)c1ccccc1C(=O)O. The highest BCUT2D eigenvalue weighted by atomic mass is 19.1. The van der Waals surface area contributed by atoms with E-state index in [9.17, 15) is 14.0 Å². The van der Waals surface area contributed by atoms with Gasteiger partial charge >= 0.3 is 11.9 Å². The van der Waals surface area contributed by atoms with Crippen molar-refractivity contribution in [2.75, 3.05) is 0 Å². The summed E-state index contributed by atoms with van der Waals surface area (Å²) in [4.78, 5) is 20.9. The van der Waals surface area contributed by atoms with E-state index in [-0.39, 0.29) is 16.9 Å². The lowest BCUT2D eigenvalue weighted by molar-refractivity contribution is 0.0651. The highest BCUT2D eigenvalue weighted by Gasteiger charge is 2.34. The van der Waals surface area contributed by atoms with Gasteiger partial charge in [0.2, 0.25) is 0 Å². The molecule has 0 unspecified atom stereocenters. The van der Waals surface area contributed by atoms with Crippen molar-refractivity contribution in [1.29, 1.82) is 0 Å². The standard InChI is InChI=1S/C20H22FN3O.C8H6O4/c1-12-8-16(12)10-24-14(3)13(2)18-9-22-23-20(19(18)24)25-11-15-4-6-17(21)7-5-15;9-7(10)5-3-1-2-4-6(5)8(11)12/h4-7,9,12,16H,8,10-11H2,1-3H3;1-4H,(H,9,10)(H,11,12)/t12-,16+;/m0./s1. The van der Waals surface area contributed by atoms with Crippen molar-refractivity contribution in [3.8, 4) is 5.88 Å². The molecule has 1 aliphatic rings. The first-order valence-electron chi connectivity index (χ1n) is 11.9. The molecule has 2 atom stereocenters. The topological polar surface area (TPSA) is 115 Å². The maximum absolute atomic E-state index is 13.1. The van der Waals surface area contributed by atoms with Crippen LogP contribution in [0.25, 0.3) is 10.9 Å². The Kier molecular flexibility index (Phi) is 7.52. The van der Waals surface area contributed by atoms with Gasteiger partial charge in [0.25, 0.3) is 5.88 Å². The minimum Gasteiger partial charge on any atom is -0.478 e. The maximum Gasteiger partial charge on any atom is 0.336 e. The molecule has 2 heterocycles. The highest BCUT2D eigenvalue weighted by Crippen LogP contribution is 2.41. The second-order valence-corrected chi connectivity index (χ2v) is 9.28. The smallest absolute Gasteiger partial charge is 0.336 e. The normalized spacial score (nSPS) is 16.1. The number of aromatic carboxylic acids is 2. The number of aromatic nitrogens is 3. The third-order valence-electron chi connectivity index (χ3n) is 6.78. The number of halogens is 1. The van der Waals surface area contributed by atoms with E-state index in [1.54, 1.807) is 12.1 Å². The zero-order valence-electron chi connectivity index (χ0n) is 20.8. The molecule has 1 saturated carbocycles. The Hall–Kier alpha value is -4.27. The monoisotopic (exact) mass is 505 g/mol. The zero-order chi connectivity index (χ0) is 26.7. The van der Waals surface area contributed by atoms with Gasteiger partial charge in [0.1, 0.15) is 17.9 Å². The number of carbonyl (C=O) groups is 2. The molecule has 5 rings (SSSR count). The van der Waals surface area contributed by atoms with Crippen LogP contribution in [0.3, 0.4) is 0 Å². The van der Waals surface area contributed by atoms with Crippen molar-refractivity contribution in [3.63, 3.8) is 0 Å². The number of benzene rings is 2. The molecular formula is C28H28FN3O5. The number of rotatable bonds is 7. The van der Waals surface area contributed by atoms with Crippen LogP contribution in [0.15, 0.2) is 54.7 Å². The Morgan fingerprint density at radius 1 is 1.05 bits per heavy atom. The molecular weight excluding hydrogens is 477 g/mol. The second kappa shape index (κ2) is 10.8. The van der Waals surface area contributed by atoms with Gasteiger partial charge in [0, 0.05) is 17.6 Å². The third-order valence-corrected chi connectivity index (χ3v) is 6.78. The lowest BCUT2D eigenvalue weighted by Gasteiger charge is -2.11. The van der Waals surface area contributed by atoms with Gasteiger partial charge in [0.15, 0.2) is 0 Å². The van der Waals surface area contributed by atoms with Gasteiger partial charge in [-0.2, -0.15) is 5.10 Å². The highest BCUT2D eigenvalue weighted by molar-refractivity contribution is 6.01. The van der Waals surface area contributed by atoms with Crippen LogP contribution in [0.1, 0.15) is 50.9 Å². The molecule has 1 aliphatic carbocycles. The fourth-order valence-electron chi connectivity index (χ4n) is 4.26. The van der Waals surface area contributed by atoms with Gasteiger partial charge in [-0.15, -0.1) is 5.10 Å². The molecule has 2 N–H and O–H groups in total. The number of hydrogen-bond donors (Lipinski definition) is 2. The summed E-state index contributed by atoms with van der Waals surface area (Å²) in [5, 5.41) is 26.5. The van der Waals surface area contributed by atoms with Crippen LogP contribution in [0.4, 0.5) is 4.39 Å². The molecule has 2 aromatic heterocycles. The Morgan fingerprint density at radius 3 is 2.19 bits per heavy atom. The summed E-state index contributed by atoms with van der Waals surface area (Å²) in [6.45, 7) is 7.90. The number of hydrogen-bond acceptors (Lipinski definition) is 5. The van der Waals surface area contributed by atoms with Crippen molar-refractivity contribution < 1.29 is 28.9 Å². The molecule has 8 nitrogen and oxygen atoms in total. The number of nitrogens with zero attached hydrogens (tertiary/aromatic N) is 3. The van der Waals surface area contributed by atoms with Gasteiger partial charge < -0.3 is 19.5 Å². The molecule has 9 heteroatoms. The molecule has 0 aliphatic heterocycles. The van der Waals surface area contributed by atoms with Gasteiger partial charge in [-0.05, 0) is 67.5 Å². The predicted octanol–water partition coefficient (Wildman–Crippen LogP) is 5.51. The molecule has 0 saturated heterocycles. The van der Waals surface area contributed by atoms with Crippen LogP contribution in [0.2, 0.25) is 0 Å². The van der Waals surface area contributed by atoms with E-state index >= 15 is 0 Å². The van der Waals surface area contributed by atoms with Crippen LogP contribution < -0.4 is 4.74 Å². The van der Waals surface area contributed by atoms with Crippen LogP contribution in [-0.2, 0) is 13.2 Å². The first kappa shape index (κ1) is 25.8.